The molecule has 1 amide bonds. The maximum atomic E-state index is 11.7. The van der Waals surface area contributed by atoms with Crippen LogP contribution in [0.15, 0.2) is 24.3 Å². The monoisotopic (exact) mass is 265 g/mol. The number of hydrogen-bond acceptors (Lipinski definition) is 4. The van der Waals surface area contributed by atoms with Gasteiger partial charge in [-0.3, -0.25) is 4.79 Å². The van der Waals surface area contributed by atoms with Crippen LogP contribution in [0.2, 0.25) is 0 Å². The molecule has 19 heavy (non-hydrogen) atoms. The summed E-state index contributed by atoms with van der Waals surface area (Å²) in [4.78, 5) is 13.7. The number of hydrogen-bond donors (Lipinski definition) is 2. The minimum atomic E-state index is -0.474. The normalized spacial score (nSPS) is 12.3. The Kier molecular flexibility index (Phi) is 6.32. The molecular weight excluding hydrogens is 242 g/mol. The highest BCUT2D eigenvalue weighted by atomic mass is 16.5. The summed E-state index contributed by atoms with van der Waals surface area (Å²) in [6, 6.07) is 6.86. The quantitative estimate of drug-likeness (QED) is 0.780. The third-order valence-electron chi connectivity index (χ3n) is 2.69. The van der Waals surface area contributed by atoms with Crippen LogP contribution in [0.4, 0.5) is 5.69 Å². The van der Waals surface area contributed by atoms with E-state index in [1.165, 1.54) is 0 Å². The van der Waals surface area contributed by atoms with Crippen LogP contribution in [0.1, 0.15) is 13.3 Å². The van der Waals surface area contributed by atoms with Crippen molar-refractivity contribution in [2.45, 2.75) is 19.4 Å². The van der Waals surface area contributed by atoms with E-state index in [-0.39, 0.29) is 5.91 Å². The number of anilines is 1. The number of carbonyl (C=O) groups excluding carboxylic acids is 1. The van der Waals surface area contributed by atoms with E-state index in [1.807, 2.05) is 44.1 Å². The number of benzene rings is 1. The lowest BCUT2D eigenvalue weighted by Gasteiger charge is -2.13. The zero-order valence-corrected chi connectivity index (χ0v) is 11.8. The number of nitrogens with zero attached hydrogens (tertiary/aromatic N) is 1. The van der Waals surface area contributed by atoms with E-state index in [0.29, 0.717) is 18.7 Å². The average Bonchev–Trinajstić information content (AvgIpc) is 2.37. The molecule has 0 aliphatic rings. The highest BCUT2D eigenvalue weighted by Gasteiger charge is 2.11. The van der Waals surface area contributed by atoms with Crippen molar-refractivity contribution >= 4 is 11.6 Å². The van der Waals surface area contributed by atoms with Crippen molar-refractivity contribution in [3.05, 3.63) is 24.3 Å². The van der Waals surface area contributed by atoms with Crippen LogP contribution in [0.3, 0.4) is 0 Å². The molecular formula is C14H23N3O2. The predicted octanol–water partition coefficient (Wildman–Crippen LogP) is 1.30. The van der Waals surface area contributed by atoms with Gasteiger partial charge in [0.05, 0.1) is 6.04 Å². The zero-order valence-electron chi connectivity index (χ0n) is 11.8. The molecule has 0 saturated carbocycles. The molecule has 0 heterocycles. The highest BCUT2D eigenvalue weighted by Crippen LogP contribution is 2.17. The van der Waals surface area contributed by atoms with Crippen molar-refractivity contribution in [3.63, 3.8) is 0 Å². The van der Waals surface area contributed by atoms with Gasteiger partial charge in [0.25, 0.3) is 0 Å². The van der Waals surface area contributed by atoms with Crippen molar-refractivity contribution in [1.82, 2.24) is 4.90 Å². The van der Waals surface area contributed by atoms with Gasteiger partial charge in [0.15, 0.2) is 0 Å². The largest absolute Gasteiger partial charge is 0.492 e. The Morgan fingerprint density at radius 3 is 2.84 bits per heavy atom. The molecule has 3 N–H and O–H groups in total. The SMILES string of the molecule is CC[C@H](N)C(=O)Nc1cccc(OCCN(C)C)c1. The first-order valence-corrected chi connectivity index (χ1v) is 6.47. The second-order valence-electron chi connectivity index (χ2n) is 4.68. The smallest absolute Gasteiger partial charge is 0.241 e. The third-order valence-corrected chi connectivity index (χ3v) is 2.69. The Labute approximate surface area is 114 Å². The first kappa shape index (κ1) is 15.5. The van der Waals surface area contributed by atoms with Gasteiger partial charge in [-0.1, -0.05) is 13.0 Å². The van der Waals surface area contributed by atoms with Gasteiger partial charge in [-0.2, -0.15) is 0 Å². The summed E-state index contributed by atoms with van der Waals surface area (Å²) in [5.41, 5.74) is 6.37. The topological polar surface area (TPSA) is 67.6 Å². The van der Waals surface area contributed by atoms with E-state index < -0.39 is 6.04 Å². The molecule has 0 aliphatic carbocycles. The van der Waals surface area contributed by atoms with E-state index in [2.05, 4.69) is 5.32 Å². The molecule has 0 radical (unpaired) electrons. The minimum Gasteiger partial charge on any atom is -0.492 e. The first-order chi connectivity index (χ1) is 9.02. The highest BCUT2D eigenvalue weighted by molar-refractivity contribution is 5.94. The maximum absolute atomic E-state index is 11.7. The Morgan fingerprint density at radius 2 is 2.21 bits per heavy atom. The van der Waals surface area contributed by atoms with Gasteiger partial charge >= 0.3 is 0 Å². The van der Waals surface area contributed by atoms with E-state index >= 15 is 0 Å². The van der Waals surface area contributed by atoms with Gasteiger partial charge in [0, 0.05) is 18.3 Å². The average molecular weight is 265 g/mol. The Balaban J connectivity index is 2.54. The third kappa shape index (κ3) is 5.72. The molecule has 5 nitrogen and oxygen atoms in total. The standard InChI is InChI=1S/C14H23N3O2/c1-4-13(15)14(18)16-11-6-5-7-12(10-11)19-9-8-17(2)3/h5-7,10,13H,4,8-9,15H2,1-3H3,(H,16,18)/t13-/m0/s1. The van der Waals surface area contributed by atoms with Gasteiger partial charge in [-0.05, 0) is 32.6 Å². The molecule has 5 heteroatoms. The van der Waals surface area contributed by atoms with E-state index in [9.17, 15) is 4.79 Å². The lowest BCUT2D eigenvalue weighted by atomic mass is 10.2. The van der Waals surface area contributed by atoms with Gasteiger partial charge in [-0.25, -0.2) is 0 Å². The molecule has 1 aromatic carbocycles. The summed E-state index contributed by atoms with van der Waals surface area (Å²) in [5.74, 6) is 0.567. The number of likely N-dealkylation sites (N-methyl/N-ethyl adjacent to an activating group) is 1. The van der Waals surface area contributed by atoms with Crippen LogP contribution < -0.4 is 15.8 Å². The fourth-order valence-corrected chi connectivity index (χ4v) is 1.43. The Hall–Kier alpha value is -1.59. The molecule has 106 valence electrons. The van der Waals surface area contributed by atoms with Crippen molar-refractivity contribution in [1.29, 1.82) is 0 Å². The molecule has 0 unspecified atom stereocenters. The molecule has 1 rings (SSSR count). The fraction of sp³-hybridized carbons (Fsp3) is 0.500. The van der Waals surface area contributed by atoms with Crippen LogP contribution in [-0.2, 0) is 4.79 Å². The van der Waals surface area contributed by atoms with Gasteiger partial charge in [0.1, 0.15) is 12.4 Å². The molecule has 0 aliphatic heterocycles. The van der Waals surface area contributed by atoms with Gasteiger partial charge in [0.2, 0.25) is 5.91 Å². The van der Waals surface area contributed by atoms with Crippen LogP contribution in [0, 0.1) is 0 Å². The zero-order chi connectivity index (χ0) is 14.3. The van der Waals surface area contributed by atoms with Crippen molar-refractivity contribution < 1.29 is 9.53 Å². The number of nitrogens with one attached hydrogen (secondary N) is 1. The molecule has 0 spiro atoms. The minimum absolute atomic E-state index is 0.173. The second kappa shape index (κ2) is 7.76. The lowest BCUT2D eigenvalue weighted by Crippen LogP contribution is -2.34. The number of nitrogens with two attached hydrogens (primary N) is 1. The molecule has 1 atom stereocenters. The van der Waals surface area contributed by atoms with Crippen LogP contribution in [0.5, 0.6) is 5.75 Å². The van der Waals surface area contributed by atoms with Crippen LogP contribution in [-0.4, -0.2) is 44.1 Å². The summed E-state index contributed by atoms with van der Waals surface area (Å²) in [6.45, 7) is 3.33. The van der Waals surface area contributed by atoms with Crippen molar-refractivity contribution in [2.24, 2.45) is 5.73 Å². The van der Waals surface area contributed by atoms with E-state index in [1.54, 1.807) is 6.07 Å². The van der Waals surface area contributed by atoms with Crippen molar-refractivity contribution in [3.8, 4) is 5.75 Å². The summed E-state index contributed by atoms with van der Waals surface area (Å²) >= 11 is 0. The van der Waals surface area contributed by atoms with E-state index in [0.717, 1.165) is 12.3 Å². The lowest BCUT2D eigenvalue weighted by molar-refractivity contribution is -0.117. The summed E-state index contributed by atoms with van der Waals surface area (Å²) in [5, 5.41) is 2.78. The summed E-state index contributed by atoms with van der Waals surface area (Å²) in [7, 11) is 3.98. The van der Waals surface area contributed by atoms with Crippen LogP contribution in [0.25, 0.3) is 0 Å². The Morgan fingerprint density at radius 1 is 1.47 bits per heavy atom. The summed E-state index contributed by atoms with van der Waals surface area (Å²) in [6.07, 6.45) is 0.616. The maximum Gasteiger partial charge on any atom is 0.241 e. The predicted molar refractivity (Wildman–Crippen MR) is 77.4 cm³/mol. The van der Waals surface area contributed by atoms with E-state index in [4.69, 9.17) is 10.5 Å². The van der Waals surface area contributed by atoms with Crippen molar-refractivity contribution in [2.75, 3.05) is 32.6 Å². The molecule has 0 aromatic heterocycles. The number of carbonyl (C=O) groups is 1. The summed E-state index contributed by atoms with van der Waals surface area (Å²) < 4.78 is 5.60. The first-order valence-electron chi connectivity index (χ1n) is 6.47. The van der Waals surface area contributed by atoms with Gasteiger partial charge in [-0.15, -0.1) is 0 Å². The fourth-order valence-electron chi connectivity index (χ4n) is 1.43. The Bertz CT molecular complexity index is 407. The van der Waals surface area contributed by atoms with Crippen LogP contribution >= 0.6 is 0 Å². The molecule has 0 saturated heterocycles. The molecule has 0 bridgehead atoms. The number of ether oxygens (including phenoxy) is 1. The number of amides is 1. The number of rotatable bonds is 7. The second-order valence-corrected chi connectivity index (χ2v) is 4.68. The molecule has 1 aromatic rings. The molecule has 0 fully saturated rings. The van der Waals surface area contributed by atoms with Gasteiger partial charge < -0.3 is 20.7 Å².